The van der Waals surface area contributed by atoms with Crippen molar-refractivity contribution in [2.45, 2.75) is 103 Å². The van der Waals surface area contributed by atoms with Gasteiger partial charge in [0.05, 0.1) is 12.2 Å². The first-order valence-electron chi connectivity index (χ1n) is 8.69. The van der Waals surface area contributed by atoms with Gasteiger partial charge in [-0.1, -0.05) is 77.4 Å². The van der Waals surface area contributed by atoms with Crippen molar-refractivity contribution < 1.29 is 4.74 Å². The van der Waals surface area contributed by atoms with Crippen LogP contribution < -0.4 is 0 Å². The maximum Gasteiger partial charge on any atom is 0.0876 e. The molecule has 0 spiro atoms. The van der Waals surface area contributed by atoms with E-state index in [1.165, 1.54) is 70.6 Å². The van der Waals surface area contributed by atoms with Crippen molar-refractivity contribution in [1.29, 1.82) is 0 Å². The summed E-state index contributed by atoms with van der Waals surface area (Å²) in [6.45, 7) is 4.53. The Bertz CT molecular complexity index is 222. The molecule has 1 aliphatic rings. The third kappa shape index (κ3) is 9.27. The van der Waals surface area contributed by atoms with Gasteiger partial charge in [0.2, 0.25) is 0 Å². The predicted octanol–water partition coefficient (Wildman–Crippen LogP) is 6.03. The molecule has 0 saturated carbocycles. The van der Waals surface area contributed by atoms with E-state index in [0.717, 1.165) is 6.42 Å². The van der Waals surface area contributed by atoms with Crippen LogP contribution in [-0.4, -0.2) is 12.2 Å². The van der Waals surface area contributed by atoms with Crippen LogP contribution in [0.4, 0.5) is 0 Å². The van der Waals surface area contributed by atoms with E-state index < -0.39 is 0 Å². The predicted molar refractivity (Wildman–Crippen MR) is 84.6 cm³/mol. The molecule has 0 amide bonds. The minimum absolute atomic E-state index is 0.554. The van der Waals surface area contributed by atoms with Crippen molar-refractivity contribution in [2.24, 2.45) is 0 Å². The van der Waals surface area contributed by atoms with Crippen LogP contribution in [0.2, 0.25) is 0 Å². The van der Waals surface area contributed by atoms with E-state index in [1.54, 1.807) is 0 Å². The second-order valence-corrected chi connectivity index (χ2v) is 5.97. The molecule has 0 bridgehead atoms. The second kappa shape index (κ2) is 11.5. The van der Waals surface area contributed by atoms with Crippen molar-refractivity contribution in [3.05, 3.63) is 12.2 Å². The quantitative estimate of drug-likeness (QED) is 0.225. The summed E-state index contributed by atoms with van der Waals surface area (Å²) in [6.07, 6.45) is 21.9. The van der Waals surface area contributed by atoms with Gasteiger partial charge in [-0.15, -0.1) is 0 Å². The maximum absolute atomic E-state index is 5.72. The highest BCUT2D eigenvalue weighted by atomic mass is 16.6. The summed E-state index contributed by atoms with van der Waals surface area (Å²) in [5.41, 5.74) is 0. The van der Waals surface area contributed by atoms with Crippen molar-refractivity contribution in [1.82, 2.24) is 0 Å². The summed E-state index contributed by atoms with van der Waals surface area (Å²) in [6, 6.07) is 0. The van der Waals surface area contributed by atoms with E-state index in [9.17, 15) is 0 Å². The number of ether oxygens (including phenoxy) is 1. The van der Waals surface area contributed by atoms with Gasteiger partial charge in [-0.05, 0) is 25.7 Å². The van der Waals surface area contributed by atoms with Crippen LogP contribution in [0.3, 0.4) is 0 Å². The minimum Gasteiger partial charge on any atom is -0.369 e. The van der Waals surface area contributed by atoms with Crippen LogP contribution in [0, 0.1) is 0 Å². The first-order chi connectivity index (χ1) is 9.38. The van der Waals surface area contributed by atoms with Crippen molar-refractivity contribution in [3.8, 4) is 0 Å². The molecule has 2 atom stereocenters. The first-order valence-corrected chi connectivity index (χ1v) is 8.69. The Morgan fingerprint density at radius 2 is 1.42 bits per heavy atom. The summed E-state index contributed by atoms with van der Waals surface area (Å²) in [7, 11) is 0. The lowest BCUT2D eigenvalue weighted by atomic mass is 10.1. The fourth-order valence-electron chi connectivity index (χ4n) is 2.63. The number of hydrogen-bond donors (Lipinski definition) is 0. The van der Waals surface area contributed by atoms with Crippen molar-refractivity contribution >= 4 is 0 Å². The average molecular weight is 266 g/mol. The van der Waals surface area contributed by atoms with E-state index in [-0.39, 0.29) is 0 Å². The summed E-state index contributed by atoms with van der Waals surface area (Å²) in [5.74, 6) is 0. The lowest BCUT2D eigenvalue weighted by molar-refractivity contribution is 0.358. The molecular weight excluding hydrogens is 232 g/mol. The third-order valence-corrected chi connectivity index (χ3v) is 4.04. The molecule has 1 heteroatoms. The Morgan fingerprint density at radius 3 is 2.21 bits per heavy atom. The molecule has 0 aromatic rings. The van der Waals surface area contributed by atoms with Gasteiger partial charge in [-0.25, -0.2) is 0 Å². The highest BCUT2D eigenvalue weighted by Gasteiger charge is 2.36. The van der Waals surface area contributed by atoms with Gasteiger partial charge in [0.1, 0.15) is 0 Å². The molecule has 0 radical (unpaired) electrons. The highest BCUT2D eigenvalue weighted by molar-refractivity contribution is 4.93. The zero-order valence-electron chi connectivity index (χ0n) is 13.2. The van der Waals surface area contributed by atoms with Gasteiger partial charge in [0, 0.05) is 0 Å². The summed E-state index contributed by atoms with van der Waals surface area (Å²) in [5, 5.41) is 0. The van der Waals surface area contributed by atoms with Crippen LogP contribution in [0.25, 0.3) is 0 Å². The number of epoxide rings is 1. The fraction of sp³-hybridized carbons (Fsp3) is 0.889. The molecule has 0 aliphatic carbocycles. The average Bonchev–Trinajstić information content (AvgIpc) is 3.16. The van der Waals surface area contributed by atoms with E-state index in [4.69, 9.17) is 4.74 Å². The molecule has 0 aromatic heterocycles. The lowest BCUT2D eigenvalue weighted by Gasteiger charge is -1.98. The number of allylic oxidation sites excluding steroid dienone is 1. The zero-order valence-corrected chi connectivity index (χ0v) is 13.2. The minimum atomic E-state index is 0.554. The molecule has 112 valence electrons. The molecular formula is C18H34O. The first kappa shape index (κ1) is 16.8. The molecule has 1 aliphatic heterocycles. The van der Waals surface area contributed by atoms with Crippen molar-refractivity contribution in [3.63, 3.8) is 0 Å². The Labute approximate surface area is 120 Å². The Morgan fingerprint density at radius 1 is 0.737 bits per heavy atom. The van der Waals surface area contributed by atoms with Crippen LogP contribution in [0.15, 0.2) is 12.2 Å². The molecule has 0 N–H and O–H groups in total. The lowest BCUT2D eigenvalue weighted by Crippen LogP contribution is -1.92. The number of rotatable bonds is 13. The maximum atomic E-state index is 5.72. The van der Waals surface area contributed by atoms with Crippen LogP contribution in [0.5, 0.6) is 0 Å². The van der Waals surface area contributed by atoms with Gasteiger partial charge in [-0.3, -0.25) is 0 Å². The van der Waals surface area contributed by atoms with Gasteiger partial charge in [-0.2, -0.15) is 0 Å². The topological polar surface area (TPSA) is 12.5 Å². The molecule has 19 heavy (non-hydrogen) atoms. The molecule has 1 saturated heterocycles. The van der Waals surface area contributed by atoms with Crippen molar-refractivity contribution in [2.75, 3.05) is 0 Å². The highest BCUT2D eigenvalue weighted by Crippen LogP contribution is 2.30. The van der Waals surface area contributed by atoms with E-state index in [2.05, 4.69) is 26.0 Å². The number of unbranched alkanes of at least 4 members (excludes halogenated alkanes) is 8. The molecule has 0 aromatic carbocycles. The molecule has 2 unspecified atom stereocenters. The largest absolute Gasteiger partial charge is 0.369 e. The molecule has 1 fully saturated rings. The van der Waals surface area contributed by atoms with Gasteiger partial charge >= 0.3 is 0 Å². The summed E-state index contributed by atoms with van der Waals surface area (Å²) >= 11 is 0. The SMILES string of the molecule is CCCCC/C=C\CC1OC1CCCCCCCC. The fourth-order valence-corrected chi connectivity index (χ4v) is 2.63. The van der Waals surface area contributed by atoms with Crippen LogP contribution in [0.1, 0.15) is 90.9 Å². The Kier molecular flexibility index (Phi) is 10.2. The van der Waals surface area contributed by atoms with Gasteiger partial charge < -0.3 is 4.74 Å². The Hall–Kier alpha value is -0.300. The molecule has 1 heterocycles. The second-order valence-electron chi connectivity index (χ2n) is 5.97. The van der Waals surface area contributed by atoms with Gasteiger partial charge in [0.15, 0.2) is 0 Å². The van der Waals surface area contributed by atoms with Crippen LogP contribution in [-0.2, 0) is 4.74 Å². The van der Waals surface area contributed by atoms with Crippen LogP contribution >= 0.6 is 0 Å². The number of hydrogen-bond acceptors (Lipinski definition) is 1. The smallest absolute Gasteiger partial charge is 0.0876 e. The summed E-state index contributed by atoms with van der Waals surface area (Å²) < 4.78 is 5.72. The third-order valence-electron chi connectivity index (χ3n) is 4.04. The van der Waals surface area contributed by atoms with E-state index >= 15 is 0 Å². The Balaban J connectivity index is 1.83. The molecule has 1 rings (SSSR count). The standard InChI is InChI=1S/C18H34O/c1-3-5-7-9-11-13-15-17-18(19-17)16-14-12-10-8-6-4-2/h11,13,17-18H,3-10,12,14-16H2,1-2H3/b13-11-. The zero-order chi connectivity index (χ0) is 13.8. The van der Waals surface area contributed by atoms with E-state index in [1.807, 2.05) is 0 Å². The summed E-state index contributed by atoms with van der Waals surface area (Å²) in [4.78, 5) is 0. The van der Waals surface area contributed by atoms with E-state index in [0.29, 0.717) is 12.2 Å². The molecule has 1 nitrogen and oxygen atoms in total. The van der Waals surface area contributed by atoms with Gasteiger partial charge in [0.25, 0.3) is 0 Å². The normalized spacial score (nSPS) is 22.2. The monoisotopic (exact) mass is 266 g/mol.